The summed E-state index contributed by atoms with van der Waals surface area (Å²) in [6, 6.07) is 6.28. The molecule has 32 heavy (non-hydrogen) atoms. The highest BCUT2D eigenvalue weighted by Gasteiger charge is 2.37. The number of ether oxygens (including phenoxy) is 4. The largest absolute Gasteiger partial charge is 0.481 e. The first-order valence-electron chi connectivity index (χ1n) is 9.81. The van der Waals surface area contributed by atoms with Crippen LogP contribution in [-0.2, 0) is 15.9 Å². The molecule has 0 aromatic heterocycles. The maximum atomic E-state index is 11.9. The number of rotatable bonds is 0. The minimum absolute atomic E-state index is 0.177. The summed E-state index contributed by atoms with van der Waals surface area (Å²) in [6.45, 7) is 0. The topological polar surface area (TPSA) is 105 Å². The molecular formula is C24H10O8. The average Bonchev–Trinajstić information content (AvgIpc) is 3.20. The molecule has 0 radical (unpaired) electrons. The van der Waals surface area contributed by atoms with Gasteiger partial charge in [-0.3, -0.25) is 0 Å². The summed E-state index contributed by atoms with van der Waals surface area (Å²) in [4.78, 5) is 47.5. The molecule has 4 heterocycles. The van der Waals surface area contributed by atoms with Crippen molar-refractivity contribution in [1.29, 1.82) is 0 Å². The number of esters is 4. The fourth-order valence-electron chi connectivity index (χ4n) is 4.54. The molecule has 2 aromatic rings. The van der Waals surface area contributed by atoms with Gasteiger partial charge in [0.15, 0.2) is 0 Å². The van der Waals surface area contributed by atoms with Gasteiger partial charge >= 0.3 is 23.9 Å². The van der Waals surface area contributed by atoms with Crippen LogP contribution in [0.1, 0.15) is 52.6 Å². The van der Waals surface area contributed by atoms with Crippen molar-refractivity contribution in [3.63, 3.8) is 0 Å². The standard InChI is InChI=1S/C24H10O8/c25-21-13-4-11-2-9-1-10-3-12-5-14-16(24(28)32-22(14)26)7-18(12)30-20(10)8-19(9)29-17(11)6-15(13)23(27)31-21/h1-2,4-8,20H,3H2. The predicted molar refractivity (Wildman–Crippen MR) is 105 cm³/mol. The third-order valence-corrected chi connectivity index (χ3v) is 6.07. The van der Waals surface area contributed by atoms with Crippen molar-refractivity contribution in [2.45, 2.75) is 12.5 Å². The first-order valence-corrected chi connectivity index (χ1v) is 9.81. The first-order chi connectivity index (χ1) is 15.4. The van der Waals surface area contributed by atoms with Crippen LogP contribution in [-0.4, -0.2) is 30.0 Å². The predicted octanol–water partition coefficient (Wildman–Crippen LogP) is 2.91. The Morgan fingerprint density at radius 3 is 2.03 bits per heavy atom. The SMILES string of the molecule is O=C1OC(=O)c2cc3c(cc21)C=C1C=C2Cc4cc5c(cc4OC2C=C1O3)C(=O)OC5=O. The Morgan fingerprint density at radius 2 is 1.31 bits per heavy atom. The van der Waals surface area contributed by atoms with Crippen LogP contribution < -0.4 is 9.47 Å². The van der Waals surface area contributed by atoms with Crippen LogP contribution in [0, 0.1) is 0 Å². The molecule has 154 valence electrons. The number of carbonyl (C=O) groups excluding carboxylic acids is 4. The molecule has 1 unspecified atom stereocenters. The Balaban J connectivity index is 1.30. The van der Waals surface area contributed by atoms with E-state index in [4.69, 9.17) is 9.47 Å². The number of benzene rings is 2. The Morgan fingerprint density at radius 1 is 0.688 bits per heavy atom. The van der Waals surface area contributed by atoms with E-state index >= 15 is 0 Å². The third kappa shape index (κ3) is 2.20. The Hall–Kier alpha value is -4.46. The molecule has 0 saturated heterocycles. The summed E-state index contributed by atoms with van der Waals surface area (Å²) in [5.74, 6) is -1.18. The van der Waals surface area contributed by atoms with Crippen LogP contribution in [0.5, 0.6) is 11.5 Å². The van der Waals surface area contributed by atoms with Crippen molar-refractivity contribution in [1.82, 2.24) is 0 Å². The minimum atomic E-state index is -0.692. The number of fused-ring (bicyclic) bond motifs is 6. The fourth-order valence-corrected chi connectivity index (χ4v) is 4.54. The Labute approximate surface area is 179 Å². The van der Waals surface area contributed by atoms with Crippen LogP contribution in [0.3, 0.4) is 0 Å². The number of cyclic esters (lactones) is 4. The molecule has 8 nitrogen and oxygen atoms in total. The molecule has 0 amide bonds. The maximum absolute atomic E-state index is 11.9. The lowest BCUT2D eigenvalue weighted by Crippen LogP contribution is -2.28. The quantitative estimate of drug-likeness (QED) is 0.468. The summed E-state index contributed by atoms with van der Waals surface area (Å²) < 4.78 is 21.5. The molecular weight excluding hydrogens is 416 g/mol. The van der Waals surface area contributed by atoms with Gasteiger partial charge in [0, 0.05) is 23.6 Å². The zero-order valence-electron chi connectivity index (χ0n) is 16.1. The van der Waals surface area contributed by atoms with E-state index in [1.165, 1.54) is 6.07 Å². The molecule has 2 aromatic carbocycles. The van der Waals surface area contributed by atoms with Crippen molar-refractivity contribution in [3.05, 3.63) is 86.7 Å². The Kier molecular flexibility index (Phi) is 3.02. The van der Waals surface area contributed by atoms with E-state index in [1.807, 2.05) is 18.2 Å². The van der Waals surface area contributed by atoms with Gasteiger partial charge in [0.25, 0.3) is 0 Å². The molecule has 8 heteroatoms. The van der Waals surface area contributed by atoms with Crippen LogP contribution in [0.2, 0.25) is 0 Å². The highest BCUT2D eigenvalue weighted by molar-refractivity contribution is 6.16. The van der Waals surface area contributed by atoms with Gasteiger partial charge in [-0.2, -0.15) is 0 Å². The van der Waals surface area contributed by atoms with Crippen molar-refractivity contribution in [2.24, 2.45) is 0 Å². The molecule has 0 bridgehead atoms. The summed E-state index contributed by atoms with van der Waals surface area (Å²) >= 11 is 0. The zero-order valence-corrected chi connectivity index (χ0v) is 16.1. The summed E-state index contributed by atoms with van der Waals surface area (Å²) in [5, 5.41) is 0. The highest BCUT2D eigenvalue weighted by atomic mass is 16.6. The summed E-state index contributed by atoms with van der Waals surface area (Å²) in [6.07, 6.45) is 5.75. The van der Waals surface area contributed by atoms with Gasteiger partial charge in [-0.15, -0.1) is 0 Å². The molecule has 1 aliphatic carbocycles. The molecule has 5 aliphatic rings. The number of hydrogen-bond acceptors (Lipinski definition) is 8. The third-order valence-electron chi connectivity index (χ3n) is 6.07. The molecule has 0 saturated carbocycles. The lowest BCUT2D eigenvalue weighted by atomic mass is 9.87. The Bertz CT molecular complexity index is 1470. The zero-order chi connectivity index (χ0) is 21.7. The number of hydrogen-bond donors (Lipinski definition) is 0. The van der Waals surface area contributed by atoms with E-state index in [-0.39, 0.29) is 22.3 Å². The van der Waals surface area contributed by atoms with Gasteiger partial charge in [0.05, 0.1) is 22.3 Å². The van der Waals surface area contributed by atoms with E-state index in [0.717, 1.165) is 16.7 Å². The maximum Gasteiger partial charge on any atom is 0.347 e. The van der Waals surface area contributed by atoms with Crippen molar-refractivity contribution >= 4 is 30.0 Å². The van der Waals surface area contributed by atoms with Gasteiger partial charge in [-0.05, 0) is 47.6 Å². The minimum Gasteiger partial charge on any atom is -0.481 e. The lowest BCUT2D eigenvalue weighted by molar-refractivity contribution is 0.0425. The van der Waals surface area contributed by atoms with Crippen molar-refractivity contribution in [2.75, 3.05) is 0 Å². The van der Waals surface area contributed by atoms with Gasteiger partial charge < -0.3 is 18.9 Å². The monoisotopic (exact) mass is 426 g/mol. The summed E-state index contributed by atoms with van der Waals surface area (Å²) in [5.41, 5.74) is 4.03. The van der Waals surface area contributed by atoms with Gasteiger partial charge in [-0.1, -0.05) is 0 Å². The van der Waals surface area contributed by atoms with Crippen molar-refractivity contribution < 1.29 is 38.1 Å². The lowest BCUT2D eigenvalue weighted by Gasteiger charge is -2.32. The molecule has 1 atom stereocenters. The van der Waals surface area contributed by atoms with Gasteiger partial charge in [-0.25, -0.2) is 19.2 Å². The van der Waals surface area contributed by atoms with Crippen LogP contribution in [0.15, 0.2) is 53.3 Å². The molecule has 0 N–H and O–H groups in total. The van der Waals surface area contributed by atoms with Crippen LogP contribution in [0.4, 0.5) is 0 Å². The summed E-state index contributed by atoms with van der Waals surface area (Å²) in [7, 11) is 0. The van der Waals surface area contributed by atoms with Gasteiger partial charge in [0.2, 0.25) is 0 Å². The first kappa shape index (κ1) is 17.2. The fraction of sp³-hybridized carbons (Fsp3) is 0.0833. The van der Waals surface area contributed by atoms with E-state index < -0.39 is 30.0 Å². The van der Waals surface area contributed by atoms with E-state index in [0.29, 0.717) is 29.2 Å². The molecule has 7 rings (SSSR count). The van der Waals surface area contributed by atoms with Gasteiger partial charge in [0.1, 0.15) is 23.4 Å². The normalized spacial score (nSPS) is 21.2. The smallest absolute Gasteiger partial charge is 0.347 e. The second-order valence-electron chi connectivity index (χ2n) is 7.96. The second kappa shape index (κ2) is 5.61. The number of carbonyl (C=O) groups is 4. The highest BCUT2D eigenvalue weighted by Crippen LogP contribution is 2.42. The number of allylic oxidation sites excluding steroid dienone is 1. The molecule has 4 aliphatic heterocycles. The van der Waals surface area contributed by atoms with Crippen LogP contribution >= 0.6 is 0 Å². The van der Waals surface area contributed by atoms with E-state index in [1.54, 1.807) is 18.2 Å². The van der Waals surface area contributed by atoms with Crippen LogP contribution in [0.25, 0.3) is 6.08 Å². The second-order valence-corrected chi connectivity index (χ2v) is 7.96. The van der Waals surface area contributed by atoms with Crippen molar-refractivity contribution in [3.8, 4) is 11.5 Å². The molecule has 0 fully saturated rings. The van der Waals surface area contributed by atoms with E-state index in [2.05, 4.69) is 9.47 Å². The van der Waals surface area contributed by atoms with E-state index in [9.17, 15) is 19.2 Å². The average molecular weight is 426 g/mol. The molecule has 0 spiro atoms.